The third-order valence-electron chi connectivity index (χ3n) is 3.35. The Balaban J connectivity index is 2.19. The Kier molecular flexibility index (Phi) is 2.96. The number of phenolic OH excluding ortho intramolecular Hbond substituents is 1. The van der Waals surface area contributed by atoms with Crippen molar-refractivity contribution in [3.8, 4) is 5.75 Å². The van der Waals surface area contributed by atoms with Crippen LogP contribution in [0.3, 0.4) is 0 Å². The van der Waals surface area contributed by atoms with Gasteiger partial charge in [-0.3, -0.25) is 0 Å². The lowest BCUT2D eigenvalue weighted by atomic mass is 9.90. The summed E-state index contributed by atoms with van der Waals surface area (Å²) in [5, 5.41) is 12.9. The van der Waals surface area contributed by atoms with E-state index in [1.54, 1.807) is 12.1 Å². The second-order valence-electron chi connectivity index (χ2n) is 4.52. The highest BCUT2D eigenvalue weighted by Gasteiger charge is 2.30. The molecule has 0 bridgehead atoms. The summed E-state index contributed by atoms with van der Waals surface area (Å²) < 4.78 is 0. The van der Waals surface area contributed by atoms with Crippen LogP contribution in [0.4, 0.5) is 0 Å². The van der Waals surface area contributed by atoms with Crippen LogP contribution in [0.1, 0.15) is 38.2 Å². The zero-order valence-corrected chi connectivity index (χ0v) is 9.40. The van der Waals surface area contributed by atoms with E-state index in [2.05, 4.69) is 19.2 Å². The minimum Gasteiger partial charge on any atom is -0.508 e. The second-order valence-corrected chi connectivity index (χ2v) is 4.52. The normalized spacial score (nSPS) is 30.7. The highest BCUT2D eigenvalue weighted by Crippen LogP contribution is 2.32. The monoisotopic (exact) mass is 205 g/mol. The van der Waals surface area contributed by atoms with Crippen LogP contribution < -0.4 is 5.32 Å². The number of rotatable bonds is 2. The Labute approximate surface area is 91.3 Å². The molecule has 0 radical (unpaired) electrons. The van der Waals surface area contributed by atoms with Gasteiger partial charge in [-0.15, -0.1) is 0 Å². The van der Waals surface area contributed by atoms with Gasteiger partial charge in [-0.1, -0.05) is 19.1 Å². The maximum atomic E-state index is 9.26. The van der Waals surface area contributed by atoms with Crippen molar-refractivity contribution in [2.45, 2.75) is 44.7 Å². The highest BCUT2D eigenvalue weighted by atomic mass is 16.3. The highest BCUT2D eigenvalue weighted by molar-refractivity contribution is 5.30. The molecule has 2 heteroatoms. The Morgan fingerprint density at radius 1 is 1.33 bits per heavy atom. The summed E-state index contributed by atoms with van der Waals surface area (Å²) in [7, 11) is 0. The van der Waals surface area contributed by atoms with Gasteiger partial charge >= 0.3 is 0 Å². The third kappa shape index (κ3) is 2.15. The van der Waals surface area contributed by atoms with Crippen LogP contribution in [0.25, 0.3) is 0 Å². The van der Waals surface area contributed by atoms with Crippen LogP contribution in [0.2, 0.25) is 0 Å². The van der Waals surface area contributed by atoms with E-state index in [-0.39, 0.29) is 0 Å². The van der Waals surface area contributed by atoms with Crippen LogP contribution >= 0.6 is 0 Å². The standard InChI is InChI=1S/C13H19NO/c1-3-13-12(8-9(2)14-13)10-4-6-11(15)7-5-10/h4-7,9,12-15H,3,8H2,1-2H3/t9-,12-,13+/m1/s1. The predicted octanol–water partition coefficient (Wildman–Crippen LogP) is 2.64. The number of aromatic hydroxyl groups is 1. The van der Waals surface area contributed by atoms with Gasteiger partial charge in [-0.25, -0.2) is 0 Å². The first kappa shape index (κ1) is 10.5. The van der Waals surface area contributed by atoms with Crippen molar-refractivity contribution in [3.05, 3.63) is 29.8 Å². The van der Waals surface area contributed by atoms with Crippen molar-refractivity contribution in [3.63, 3.8) is 0 Å². The summed E-state index contributed by atoms with van der Waals surface area (Å²) in [6, 6.07) is 8.85. The molecule has 0 amide bonds. The Morgan fingerprint density at radius 3 is 2.60 bits per heavy atom. The largest absolute Gasteiger partial charge is 0.508 e. The van der Waals surface area contributed by atoms with Crippen molar-refractivity contribution in [1.29, 1.82) is 0 Å². The van der Waals surface area contributed by atoms with E-state index >= 15 is 0 Å². The van der Waals surface area contributed by atoms with E-state index in [9.17, 15) is 5.11 Å². The quantitative estimate of drug-likeness (QED) is 0.778. The Morgan fingerprint density at radius 2 is 2.00 bits per heavy atom. The Bertz CT molecular complexity index is 320. The molecule has 1 fully saturated rings. The number of phenols is 1. The summed E-state index contributed by atoms with van der Waals surface area (Å²) in [4.78, 5) is 0. The van der Waals surface area contributed by atoms with Crippen molar-refractivity contribution in [1.82, 2.24) is 5.32 Å². The summed E-state index contributed by atoms with van der Waals surface area (Å²) in [5.74, 6) is 0.955. The van der Waals surface area contributed by atoms with Crippen LogP contribution in [0.15, 0.2) is 24.3 Å². The average molecular weight is 205 g/mol. The maximum Gasteiger partial charge on any atom is 0.115 e. The lowest BCUT2D eigenvalue weighted by Gasteiger charge is -2.18. The SMILES string of the molecule is CC[C@@H]1N[C@H](C)C[C@@H]1c1ccc(O)cc1. The third-order valence-corrected chi connectivity index (χ3v) is 3.35. The number of hydrogen-bond donors (Lipinski definition) is 2. The number of benzene rings is 1. The smallest absolute Gasteiger partial charge is 0.115 e. The number of nitrogens with one attached hydrogen (secondary N) is 1. The summed E-state index contributed by atoms with van der Waals surface area (Å²) >= 11 is 0. The molecule has 2 N–H and O–H groups in total. The molecule has 0 aromatic heterocycles. The molecule has 1 aliphatic heterocycles. The molecule has 1 saturated heterocycles. The average Bonchev–Trinajstić information content (AvgIpc) is 2.61. The first-order valence-electron chi connectivity index (χ1n) is 5.75. The summed E-state index contributed by atoms with van der Waals surface area (Å²) in [6.45, 7) is 4.46. The molecular weight excluding hydrogens is 186 g/mol. The van der Waals surface area contributed by atoms with E-state index in [1.807, 2.05) is 12.1 Å². The topological polar surface area (TPSA) is 32.3 Å². The van der Waals surface area contributed by atoms with Gasteiger partial charge in [0.15, 0.2) is 0 Å². The molecule has 3 atom stereocenters. The molecule has 0 saturated carbocycles. The first-order valence-corrected chi connectivity index (χ1v) is 5.75. The first-order chi connectivity index (χ1) is 7.20. The van der Waals surface area contributed by atoms with Crippen molar-refractivity contribution < 1.29 is 5.11 Å². The van der Waals surface area contributed by atoms with Gasteiger partial charge in [-0.05, 0) is 37.5 Å². The molecule has 0 aliphatic carbocycles. The molecule has 1 aromatic rings. The lowest BCUT2D eigenvalue weighted by Crippen LogP contribution is -2.28. The van der Waals surface area contributed by atoms with Crippen molar-refractivity contribution in [2.75, 3.05) is 0 Å². The van der Waals surface area contributed by atoms with Crippen LogP contribution in [-0.2, 0) is 0 Å². The zero-order chi connectivity index (χ0) is 10.8. The van der Waals surface area contributed by atoms with E-state index in [1.165, 1.54) is 12.0 Å². The molecular formula is C13H19NO. The van der Waals surface area contributed by atoms with Crippen LogP contribution in [0.5, 0.6) is 5.75 Å². The predicted molar refractivity (Wildman–Crippen MR) is 62.1 cm³/mol. The van der Waals surface area contributed by atoms with E-state index in [4.69, 9.17) is 0 Å². The van der Waals surface area contributed by atoms with Gasteiger partial charge in [0.25, 0.3) is 0 Å². The minimum atomic E-state index is 0.353. The molecule has 15 heavy (non-hydrogen) atoms. The lowest BCUT2D eigenvalue weighted by molar-refractivity contribution is 0.474. The van der Waals surface area contributed by atoms with Crippen LogP contribution in [-0.4, -0.2) is 17.2 Å². The fourth-order valence-corrected chi connectivity index (χ4v) is 2.59. The fourth-order valence-electron chi connectivity index (χ4n) is 2.59. The van der Waals surface area contributed by atoms with Crippen molar-refractivity contribution >= 4 is 0 Å². The van der Waals surface area contributed by atoms with Gasteiger partial charge < -0.3 is 10.4 Å². The van der Waals surface area contributed by atoms with E-state index in [0.717, 1.165) is 6.42 Å². The molecule has 1 aliphatic rings. The summed E-state index contributed by atoms with van der Waals surface area (Å²) in [5.41, 5.74) is 1.34. The van der Waals surface area contributed by atoms with Crippen molar-refractivity contribution in [2.24, 2.45) is 0 Å². The maximum absolute atomic E-state index is 9.26. The zero-order valence-electron chi connectivity index (χ0n) is 9.40. The summed E-state index contributed by atoms with van der Waals surface area (Å²) in [6.07, 6.45) is 2.36. The van der Waals surface area contributed by atoms with Crippen LogP contribution in [0, 0.1) is 0 Å². The van der Waals surface area contributed by atoms with Gasteiger partial charge in [0.1, 0.15) is 5.75 Å². The molecule has 1 aromatic carbocycles. The molecule has 82 valence electrons. The fraction of sp³-hybridized carbons (Fsp3) is 0.538. The van der Waals surface area contributed by atoms with Gasteiger partial charge in [-0.2, -0.15) is 0 Å². The minimum absolute atomic E-state index is 0.353. The van der Waals surface area contributed by atoms with E-state index in [0.29, 0.717) is 23.8 Å². The molecule has 2 nitrogen and oxygen atoms in total. The molecule has 0 unspecified atom stereocenters. The van der Waals surface area contributed by atoms with Gasteiger partial charge in [0.2, 0.25) is 0 Å². The molecule has 0 spiro atoms. The molecule has 2 rings (SSSR count). The second kappa shape index (κ2) is 4.23. The number of hydrogen-bond acceptors (Lipinski definition) is 2. The van der Waals surface area contributed by atoms with E-state index < -0.39 is 0 Å². The van der Waals surface area contributed by atoms with Gasteiger partial charge in [0, 0.05) is 18.0 Å². The van der Waals surface area contributed by atoms with Gasteiger partial charge in [0.05, 0.1) is 0 Å². The Hall–Kier alpha value is -1.02. The molecule has 1 heterocycles.